The number of hydrogen-bond donors (Lipinski definition) is 1. The molecule has 0 aliphatic carbocycles. The summed E-state index contributed by atoms with van der Waals surface area (Å²) in [5.74, 6) is 0. The highest BCUT2D eigenvalue weighted by Gasteiger charge is 1.82. The first kappa shape index (κ1) is 4.61. The third-order valence-electron chi connectivity index (χ3n) is 0. The van der Waals surface area contributed by atoms with Crippen LogP contribution in [0.4, 0.5) is 4.20 Å². The van der Waals surface area contributed by atoms with Gasteiger partial charge in [-0.3, -0.25) is 0 Å². The molecule has 4 heteroatoms. The van der Waals surface area contributed by atoms with Crippen LogP contribution in [-0.2, 0) is 0 Å². The van der Waals surface area contributed by atoms with Gasteiger partial charge < -0.3 is 4.89 Å². The highest BCUT2D eigenvalue weighted by molar-refractivity contribution is 7.74. The zero-order chi connectivity index (χ0) is 3.58. The van der Waals surface area contributed by atoms with Gasteiger partial charge in [-0.1, -0.05) is 0 Å². The monoisotopic (exact) mass is 102 g/mol. The van der Waals surface area contributed by atoms with Gasteiger partial charge in [0.2, 0.25) is 0 Å². The molecule has 0 aliphatic rings. The van der Waals surface area contributed by atoms with Gasteiger partial charge in [-0.15, -0.1) is 0 Å². The molecule has 0 spiro atoms. The standard InChI is InChI=1S/ClFHOP/c1-4(2)3/h3H. The van der Waals surface area contributed by atoms with Crippen LogP contribution in [-0.4, -0.2) is 4.89 Å². The van der Waals surface area contributed by atoms with Crippen molar-refractivity contribution in [2.45, 2.75) is 0 Å². The molecule has 0 saturated heterocycles. The van der Waals surface area contributed by atoms with Crippen LogP contribution in [0.25, 0.3) is 0 Å². The highest BCUT2D eigenvalue weighted by atomic mass is 35.7. The molecule has 1 N–H and O–H groups in total. The zero-order valence-electron chi connectivity index (χ0n) is 1.65. The van der Waals surface area contributed by atoms with Crippen LogP contribution in [0.1, 0.15) is 0 Å². The van der Waals surface area contributed by atoms with E-state index in [0.717, 1.165) is 0 Å². The molecular weight excluding hydrogens is 101 g/mol. The predicted octanol–water partition coefficient (Wildman–Crippen LogP) is 1.41. The molecule has 1 nitrogen and oxygen atoms in total. The van der Waals surface area contributed by atoms with Crippen LogP contribution in [0.15, 0.2) is 0 Å². The van der Waals surface area contributed by atoms with Crippen LogP contribution in [0.3, 0.4) is 0 Å². The van der Waals surface area contributed by atoms with Crippen molar-refractivity contribution in [2.75, 3.05) is 0 Å². The summed E-state index contributed by atoms with van der Waals surface area (Å²) in [6.45, 7) is 0. The van der Waals surface area contributed by atoms with Gasteiger partial charge >= 0.3 is 7.81 Å². The van der Waals surface area contributed by atoms with E-state index >= 15 is 0 Å². The second kappa shape index (κ2) is 1.89. The Balaban J connectivity index is 2.32. The van der Waals surface area contributed by atoms with E-state index in [-0.39, 0.29) is 0 Å². The molecule has 26 valence electrons. The molecule has 0 aromatic carbocycles. The van der Waals surface area contributed by atoms with Crippen molar-refractivity contribution in [3.05, 3.63) is 0 Å². The maximum absolute atomic E-state index is 10.4. The minimum atomic E-state index is -2.65. The van der Waals surface area contributed by atoms with Crippen molar-refractivity contribution in [1.82, 2.24) is 0 Å². The summed E-state index contributed by atoms with van der Waals surface area (Å²) in [7, 11) is -2.65. The quantitative estimate of drug-likeness (QED) is 0.459. The van der Waals surface area contributed by atoms with Gasteiger partial charge in [0.25, 0.3) is 0 Å². The average Bonchev–Trinajstić information content (AvgIpc) is 0.811. The van der Waals surface area contributed by atoms with E-state index in [0.29, 0.717) is 0 Å². The topological polar surface area (TPSA) is 20.2 Å². The SMILES string of the molecule is OP(F)Cl. The largest absolute Gasteiger partial charge is 0.335 e. The molecular formula is HClFOP. The van der Waals surface area contributed by atoms with Gasteiger partial charge in [0, 0.05) is 0 Å². The van der Waals surface area contributed by atoms with Gasteiger partial charge in [-0.2, -0.15) is 4.20 Å². The second-order valence-electron chi connectivity index (χ2n) is 0.215. The molecule has 1 unspecified atom stereocenters. The summed E-state index contributed by atoms with van der Waals surface area (Å²) < 4.78 is 10.4. The van der Waals surface area contributed by atoms with Crippen molar-refractivity contribution >= 4 is 19.1 Å². The molecule has 0 aromatic heterocycles. The molecule has 0 amide bonds. The van der Waals surface area contributed by atoms with Crippen molar-refractivity contribution in [2.24, 2.45) is 0 Å². The van der Waals surface area contributed by atoms with E-state index in [1.165, 1.54) is 0 Å². The first-order valence-corrected chi connectivity index (χ1v) is 2.63. The van der Waals surface area contributed by atoms with Gasteiger partial charge in [-0.25, -0.2) is 0 Å². The number of hydrogen-bond acceptors (Lipinski definition) is 1. The lowest BCUT2D eigenvalue weighted by Crippen LogP contribution is -1.27. The Hall–Kier alpha value is 0.610. The van der Waals surface area contributed by atoms with Gasteiger partial charge in [-0.05, 0) is 11.2 Å². The minimum absolute atomic E-state index is 2.65. The van der Waals surface area contributed by atoms with Gasteiger partial charge in [0.1, 0.15) is 0 Å². The average molecular weight is 102 g/mol. The third-order valence-corrected chi connectivity index (χ3v) is 0. The van der Waals surface area contributed by atoms with E-state index in [9.17, 15) is 4.20 Å². The molecule has 0 saturated carbocycles. The summed E-state index contributed by atoms with van der Waals surface area (Å²) >= 11 is 4.23. The maximum Gasteiger partial charge on any atom is 0.318 e. The van der Waals surface area contributed by atoms with Crippen LogP contribution >= 0.6 is 19.1 Å². The van der Waals surface area contributed by atoms with Crippen molar-refractivity contribution < 1.29 is 9.09 Å². The Morgan fingerprint density at radius 2 is 2.00 bits per heavy atom. The molecule has 4 heavy (non-hydrogen) atoms. The molecule has 0 aliphatic heterocycles. The summed E-state index contributed by atoms with van der Waals surface area (Å²) in [6, 6.07) is 0. The number of halogens is 2. The normalized spacial score (nSPS) is 15.8. The fraction of sp³-hybridized carbons (Fsp3) is 0. The molecule has 0 rings (SSSR count). The zero-order valence-corrected chi connectivity index (χ0v) is 3.30. The van der Waals surface area contributed by atoms with Crippen molar-refractivity contribution in [3.63, 3.8) is 0 Å². The van der Waals surface area contributed by atoms with Crippen LogP contribution in [0.2, 0.25) is 0 Å². The summed E-state index contributed by atoms with van der Waals surface area (Å²) in [5.41, 5.74) is 0. The maximum atomic E-state index is 10.4. The van der Waals surface area contributed by atoms with Crippen molar-refractivity contribution in [3.8, 4) is 0 Å². The Morgan fingerprint density at radius 1 is 2.00 bits per heavy atom. The van der Waals surface area contributed by atoms with Gasteiger partial charge in [0.05, 0.1) is 0 Å². The lowest BCUT2D eigenvalue weighted by atomic mass is 15.9. The highest BCUT2D eigenvalue weighted by Crippen LogP contribution is 2.36. The molecule has 0 heterocycles. The van der Waals surface area contributed by atoms with Crippen molar-refractivity contribution in [1.29, 1.82) is 0 Å². The first-order valence-electron chi connectivity index (χ1n) is 0.538. The number of rotatable bonds is 0. The van der Waals surface area contributed by atoms with E-state index < -0.39 is 7.81 Å². The second-order valence-corrected chi connectivity index (χ2v) is 1.48. The Bertz CT molecular complexity index is 12.8. The van der Waals surface area contributed by atoms with Crippen LogP contribution in [0, 0.1) is 0 Å². The summed E-state index contributed by atoms with van der Waals surface area (Å²) in [4.78, 5) is 7.22. The fourth-order valence-corrected chi connectivity index (χ4v) is 0. The first-order chi connectivity index (χ1) is 1.73. The fourth-order valence-electron chi connectivity index (χ4n) is 0. The summed E-state index contributed by atoms with van der Waals surface area (Å²) in [6.07, 6.45) is 0. The smallest absolute Gasteiger partial charge is 0.318 e. The van der Waals surface area contributed by atoms with E-state index in [1.807, 2.05) is 0 Å². The van der Waals surface area contributed by atoms with Crippen LogP contribution in [0.5, 0.6) is 0 Å². The Kier molecular flexibility index (Phi) is 2.17. The molecule has 1 atom stereocenters. The Morgan fingerprint density at radius 3 is 2.00 bits per heavy atom. The van der Waals surface area contributed by atoms with Gasteiger partial charge in [0.15, 0.2) is 0 Å². The third kappa shape index (κ3) is 18.2. The summed E-state index contributed by atoms with van der Waals surface area (Å²) in [5, 5.41) is 0. The van der Waals surface area contributed by atoms with E-state index in [2.05, 4.69) is 11.2 Å². The van der Waals surface area contributed by atoms with Crippen LogP contribution < -0.4 is 0 Å². The molecule has 0 aromatic rings. The Labute approximate surface area is 29.1 Å². The van der Waals surface area contributed by atoms with E-state index in [1.54, 1.807) is 0 Å². The molecule has 0 radical (unpaired) electrons. The lowest BCUT2D eigenvalue weighted by molar-refractivity contribution is 0.588. The van der Waals surface area contributed by atoms with E-state index in [4.69, 9.17) is 4.89 Å². The molecule has 0 fully saturated rings. The molecule has 0 bridgehead atoms. The lowest BCUT2D eigenvalue weighted by Gasteiger charge is -1.69. The predicted molar refractivity (Wildman–Crippen MR) is 16.1 cm³/mol. The minimum Gasteiger partial charge on any atom is -0.335 e.